The van der Waals surface area contributed by atoms with Gasteiger partial charge in [-0.3, -0.25) is 9.69 Å². The zero-order valence-electron chi connectivity index (χ0n) is 16.7. The van der Waals surface area contributed by atoms with Crippen molar-refractivity contribution in [2.45, 2.75) is 25.1 Å². The summed E-state index contributed by atoms with van der Waals surface area (Å²) in [4.78, 5) is 16.9. The molecule has 1 amide bonds. The highest BCUT2D eigenvalue weighted by molar-refractivity contribution is 5.95. The summed E-state index contributed by atoms with van der Waals surface area (Å²) in [7, 11) is 3.93. The molecule has 29 heavy (non-hydrogen) atoms. The Labute approximate surface area is 169 Å². The predicted octanol–water partition coefficient (Wildman–Crippen LogP) is 4.34. The third kappa shape index (κ3) is 5.09. The van der Waals surface area contributed by atoms with E-state index in [4.69, 9.17) is 0 Å². The van der Waals surface area contributed by atoms with Crippen molar-refractivity contribution in [1.29, 1.82) is 0 Å². The van der Waals surface area contributed by atoms with Gasteiger partial charge in [0.25, 0.3) is 5.91 Å². The van der Waals surface area contributed by atoms with Crippen molar-refractivity contribution in [2.75, 3.05) is 38.6 Å². The molecule has 4 nitrogen and oxygen atoms in total. The van der Waals surface area contributed by atoms with Gasteiger partial charge in [0.15, 0.2) is 0 Å². The maximum absolute atomic E-state index is 13.2. The normalized spacial score (nSPS) is 15.9. The van der Waals surface area contributed by atoms with E-state index in [1.807, 2.05) is 43.3 Å². The van der Waals surface area contributed by atoms with Crippen LogP contribution in [0.5, 0.6) is 0 Å². The summed E-state index contributed by atoms with van der Waals surface area (Å²) in [5, 5.41) is 2.73. The molecule has 0 bridgehead atoms. The summed E-state index contributed by atoms with van der Waals surface area (Å²) in [6, 6.07) is 12.9. The third-order valence-electron chi connectivity index (χ3n) is 5.31. The summed E-state index contributed by atoms with van der Waals surface area (Å²) in [6.45, 7) is 2.08. The topological polar surface area (TPSA) is 35.6 Å². The van der Waals surface area contributed by atoms with Crippen LogP contribution >= 0.6 is 0 Å². The van der Waals surface area contributed by atoms with E-state index in [9.17, 15) is 18.0 Å². The Balaban J connectivity index is 1.78. The number of benzene rings is 2. The summed E-state index contributed by atoms with van der Waals surface area (Å²) in [6.07, 6.45) is -2.40. The fourth-order valence-corrected chi connectivity index (χ4v) is 3.72. The fraction of sp³-hybridized carbons (Fsp3) is 0.409. The van der Waals surface area contributed by atoms with Gasteiger partial charge in [-0.25, -0.2) is 0 Å². The lowest BCUT2D eigenvalue weighted by atomic mass is 10.0. The van der Waals surface area contributed by atoms with Gasteiger partial charge in [0.1, 0.15) is 0 Å². The van der Waals surface area contributed by atoms with Gasteiger partial charge >= 0.3 is 6.18 Å². The summed E-state index contributed by atoms with van der Waals surface area (Å²) >= 11 is 0. The van der Waals surface area contributed by atoms with Crippen molar-refractivity contribution in [2.24, 2.45) is 0 Å². The van der Waals surface area contributed by atoms with Gasteiger partial charge in [0.05, 0.1) is 17.2 Å². The first-order valence-electron chi connectivity index (χ1n) is 9.73. The lowest BCUT2D eigenvalue weighted by Crippen LogP contribution is -2.37. The summed E-state index contributed by atoms with van der Waals surface area (Å²) < 4.78 is 39.7. The lowest BCUT2D eigenvalue weighted by molar-refractivity contribution is -0.137. The number of amides is 1. The zero-order valence-corrected chi connectivity index (χ0v) is 16.7. The molecule has 1 aliphatic heterocycles. The average molecular weight is 405 g/mol. The lowest BCUT2D eigenvalue weighted by Gasteiger charge is -2.29. The zero-order chi connectivity index (χ0) is 21.0. The molecular formula is C22H26F3N3O. The second-order valence-corrected chi connectivity index (χ2v) is 7.50. The molecule has 2 aromatic carbocycles. The molecule has 1 N–H and O–H groups in total. The van der Waals surface area contributed by atoms with E-state index in [2.05, 4.69) is 10.2 Å². The maximum atomic E-state index is 13.2. The van der Waals surface area contributed by atoms with E-state index in [1.54, 1.807) is 0 Å². The van der Waals surface area contributed by atoms with Crippen LogP contribution in [0.3, 0.4) is 0 Å². The van der Waals surface area contributed by atoms with Gasteiger partial charge in [-0.05, 0) is 55.8 Å². The highest BCUT2D eigenvalue weighted by atomic mass is 19.4. The number of hydrogen-bond donors (Lipinski definition) is 1. The Hall–Kier alpha value is -2.54. The first-order chi connectivity index (χ1) is 13.8. The van der Waals surface area contributed by atoms with Crippen molar-refractivity contribution in [3.05, 3.63) is 65.2 Å². The predicted molar refractivity (Wildman–Crippen MR) is 108 cm³/mol. The minimum atomic E-state index is -4.57. The molecule has 0 unspecified atom stereocenters. The first-order valence-corrected chi connectivity index (χ1v) is 9.73. The Kier molecular flexibility index (Phi) is 6.47. The number of halogens is 3. The number of nitrogens with zero attached hydrogens (tertiary/aromatic N) is 2. The van der Waals surface area contributed by atoms with Gasteiger partial charge in [-0.15, -0.1) is 0 Å². The molecule has 0 aromatic heterocycles. The van der Waals surface area contributed by atoms with Crippen LogP contribution in [-0.2, 0) is 6.18 Å². The van der Waals surface area contributed by atoms with Crippen LogP contribution in [0.4, 0.5) is 18.9 Å². The SMILES string of the molecule is CN(C)c1ccc([C@H](CNC(=O)c2ccccc2C(F)(F)F)N2CCCC2)cc1. The molecule has 1 fully saturated rings. The number of likely N-dealkylation sites (tertiary alicyclic amines) is 1. The molecule has 0 radical (unpaired) electrons. The standard InChI is InChI=1S/C22H26F3N3O/c1-27(2)17-11-9-16(10-12-17)20(28-13-5-6-14-28)15-26-21(29)18-7-3-4-8-19(18)22(23,24)25/h3-4,7-12,20H,5-6,13-15H2,1-2H3,(H,26,29)/t20-/m0/s1. The van der Waals surface area contributed by atoms with Crippen LogP contribution in [-0.4, -0.2) is 44.5 Å². The van der Waals surface area contributed by atoms with Crippen molar-refractivity contribution < 1.29 is 18.0 Å². The number of nitrogens with one attached hydrogen (secondary N) is 1. The van der Waals surface area contributed by atoms with E-state index in [0.29, 0.717) is 0 Å². The molecule has 0 aliphatic carbocycles. The van der Waals surface area contributed by atoms with Crippen LogP contribution in [0.15, 0.2) is 48.5 Å². The molecule has 1 aliphatic rings. The van der Waals surface area contributed by atoms with E-state index in [1.165, 1.54) is 18.2 Å². The highest BCUT2D eigenvalue weighted by Crippen LogP contribution is 2.32. The summed E-state index contributed by atoms with van der Waals surface area (Å²) in [5.41, 5.74) is 0.854. The molecule has 0 spiro atoms. The molecule has 0 saturated carbocycles. The van der Waals surface area contributed by atoms with Crippen molar-refractivity contribution in [3.8, 4) is 0 Å². The average Bonchev–Trinajstić information content (AvgIpc) is 3.22. The number of alkyl halides is 3. The van der Waals surface area contributed by atoms with Gasteiger partial charge < -0.3 is 10.2 Å². The molecular weight excluding hydrogens is 379 g/mol. The molecule has 1 saturated heterocycles. The Morgan fingerprint density at radius 1 is 1.07 bits per heavy atom. The van der Waals surface area contributed by atoms with Crippen LogP contribution in [0, 0.1) is 0 Å². The van der Waals surface area contributed by atoms with Gasteiger partial charge in [0.2, 0.25) is 0 Å². The Bertz CT molecular complexity index is 828. The second-order valence-electron chi connectivity index (χ2n) is 7.50. The van der Waals surface area contributed by atoms with Crippen LogP contribution < -0.4 is 10.2 Å². The highest BCUT2D eigenvalue weighted by Gasteiger charge is 2.35. The molecule has 3 rings (SSSR count). The smallest absolute Gasteiger partial charge is 0.378 e. The van der Waals surface area contributed by atoms with E-state index < -0.39 is 17.6 Å². The largest absolute Gasteiger partial charge is 0.417 e. The van der Waals surface area contributed by atoms with Gasteiger partial charge in [0, 0.05) is 26.3 Å². The summed E-state index contributed by atoms with van der Waals surface area (Å²) in [5.74, 6) is -0.702. The first kappa shape index (κ1) is 21.2. The monoisotopic (exact) mass is 405 g/mol. The molecule has 7 heteroatoms. The van der Waals surface area contributed by atoms with Crippen molar-refractivity contribution in [1.82, 2.24) is 10.2 Å². The second kappa shape index (κ2) is 8.86. The van der Waals surface area contributed by atoms with Gasteiger partial charge in [-0.2, -0.15) is 13.2 Å². The molecule has 156 valence electrons. The minimum absolute atomic E-state index is 0.0734. The minimum Gasteiger partial charge on any atom is -0.378 e. The number of rotatable bonds is 6. The maximum Gasteiger partial charge on any atom is 0.417 e. The van der Waals surface area contributed by atoms with E-state index in [-0.39, 0.29) is 18.2 Å². The number of carbonyl (C=O) groups is 1. The number of anilines is 1. The van der Waals surface area contributed by atoms with Crippen molar-refractivity contribution in [3.63, 3.8) is 0 Å². The van der Waals surface area contributed by atoms with Crippen LogP contribution in [0.2, 0.25) is 0 Å². The Morgan fingerprint density at radius 2 is 1.69 bits per heavy atom. The molecule has 2 aromatic rings. The van der Waals surface area contributed by atoms with Crippen LogP contribution in [0.25, 0.3) is 0 Å². The fourth-order valence-electron chi connectivity index (χ4n) is 3.72. The van der Waals surface area contributed by atoms with Crippen molar-refractivity contribution >= 4 is 11.6 Å². The number of carbonyl (C=O) groups excluding carboxylic acids is 1. The van der Waals surface area contributed by atoms with E-state index in [0.717, 1.165) is 43.2 Å². The van der Waals surface area contributed by atoms with Gasteiger partial charge in [-0.1, -0.05) is 24.3 Å². The van der Waals surface area contributed by atoms with E-state index >= 15 is 0 Å². The Morgan fingerprint density at radius 3 is 2.28 bits per heavy atom. The van der Waals surface area contributed by atoms with Crippen LogP contribution in [0.1, 0.15) is 40.4 Å². The third-order valence-corrected chi connectivity index (χ3v) is 5.31. The number of hydrogen-bond acceptors (Lipinski definition) is 3. The quantitative estimate of drug-likeness (QED) is 0.777. The molecule has 1 atom stereocenters. The molecule has 1 heterocycles.